The van der Waals surface area contributed by atoms with Crippen molar-refractivity contribution in [2.75, 3.05) is 19.8 Å². The third kappa shape index (κ3) is 7.74. The largest absolute Gasteiger partial charge is 0.389 e. The lowest BCUT2D eigenvalue weighted by molar-refractivity contribution is 0.0334. The Morgan fingerprint density at radius 2 is 2.00 bits per heavy atom. The zero-order valence-electron chi connectivity index (χ0n) is 11.6. The van der Waals surface area contributed by atoms with Crippen LogP contribution in [-0.4, -0.2) is 37.0 Å². The quantitative estimate of drug-likeness (QED) is 0.578. The summed E-state index contributed by atoms with van der Waals surface area (Å²) >= 11 is 0. The highest BCUT2D eigenvalue weighted by Crippen LogP contribution is 2.32. The summed E-state index contributed by atoms with van der Waals surface area (Å²) in [4.78, 5) is 0. The van der Waals surface area contributed by atoms with Crippen molar-refractivity contribution in [3.8, 4) is 0 Å². The van der Waals surface area contributed by atoms with Crippen molar-refractivity contribution in [2.45, 2.75) is 58.6 Å². The number of aliphatic hydroxyl groups excluding tert-OH is 1. The van der Waals surface area contributed by atoms with Crippen molar-refractivity contribution >= 4 is 0 Å². The molecule has 102 valence electrons. The van der Waals surface area contributed by atoms with Crippen molar-refractivity contribution in [1.82, 2.24) is 5.32 Å². The van der Waals surface area contributed by atoms with E-state index in [9.17, 15) is 5.11 Å². The van der Waals surface area contributed by atoms with Gasteiger partial charge in [0.1, 0.15) is 0 Å². The first-order valence-corrected chi connectivity index (χ1v) is 7.08. The van der Waals surface area contributed by atoms with E-state index >= 15 is 0 Å². The summed E-state index contributed by atoms with van der Waals surface area (Å²) < 4.78 is 5.46. The maximum atomic E-state index is 9.72. The number of ether oxygens (including phenoxy) is 1. The summed E-state index contributed by atoms with van der Waals surface area (Å²) in [7, 11) is 0. The van der Waals surface area contributed by atoms with Crippen LogP contribution in [0.2, 0.25) is 0 Å². The maximum absolute atomic E-state index is 9.72. The predicted octanol–water partition coefficient (Wildman–Crippen LogP) is 2.19. The lowest BCUT2D eigenvalue weighted by Crippen LogP contribution is -2.37. The Balaban J connectivity index is 1.88. The van der Waals surface area contributed by atoms with Crippen molar-refractivity contribution in [3.63, 3.8) is 0 Å². The number of hydrogen-bond donors (Lipinski definition) is 2. The van der Waals surface area contributed by atoms with Crippen LogP contribution in [-0.2, 0) is 4.74 Å². The number of aliphatic hydroxyl groups is 1. The number of nitrogens with one attached hydrogen (secondary N) is 1. The minimum Gasteiger partial charge on any atom is -0.389 e. The Hall–Kier alpha value is -0.120. The van der Waals surface area contributed by atoms with Gasteiger partial charge >= 0.3 is 0 Å². The molecule has 1 aliphatic rings. The molecule has 0 aromatic rings. The zero-order chi connectivity index (χ0) is 12.7. The Morgan fingerprint density at radius 1 is 1.29 bits per heavy atom. The van der Waals surface area contributed by atoms with Crippen molar-refractivity contribution in [3.05, 3.63) is 0 Å². The molecule has 2 unspecified atom stereocenters. The molecular weight excluding hydrogens is 214 g/mol. The summed E-state index contributed by atoms with van der Waals surface area (Å²) in [5.41, 5.74) is 0. The summed E-state index contributed by atoms with van der Waals surface area (Å²) in [5.74, 6) is 1.58. The second-order valence-electron chi connectivity index (χ2n) is 5.80. The van der Waals surface area contributed by atoms with Gasteiger partial charge in [0, 0.05) is 19.2 Å². The maximum Gasteiger partial charge on any atom is 0.0897 e. The van der Waals surface area contributed by atoms with E-state index < -0.39 is 0 Å². The average molecular weight is 243 g/mol. The van der Waals surface area contributed by atoms with Crippen LogP contribution in [0.3, 0.4) is 0 Å². The molecule has 0 spiro atoms. The van der Waals surface area contributed by atoms with Gasteiger partial charge in [-0.25, -0.2) is 0 Å². The van der Waals surface area contributed by atoms with E-state index in [1.807, 2.05) is 0 Å². The first-order chi connectivity index (χ1) is 8.09. The first kappa shape index (κ1) is 14.9. The minimum atomic E-state index is -0.366. The van der Waals surface area contributed by atoms with E-state index in [4.69, 9.17) is 4.74 Å². The summed E-state index contributed by atoms with van der Waals surface area (Å²) in [5, 5.41) is 13.1. The molecule has 0 amide bonds. The van der Waals surface area contributed by atoms with Gasteiger partial charge in [-0.05, 0) is 44.4 Å². The van der Waals surface area contributed by atoms with Crippen LogP contribution in [0.25, 0.3) is 0 Å². The van der Waals surface area contributed by atoms with E-state index in [0.717, 1.165) is 24.9 Å². The Kier molecular flexibility index (Phi) is 7.09. The molecule has 0 aromatic heterocycles. The fraction of sp³-hybridized carbons (Fsp3) is 1.00. The van der Waals surface area contributed by atoms with Crippen molar-refractivity contribution in [2.24, 2.45) is 11.8 Å². The monoisotopic (exact) mass is 243 g/mol. The Bertz CT molecular complexity index is 193. The summed E-state index contributed by atoms with van der Waals surface area (Å²) in [6.45, 7) is 8.53. The number of rotatable bonds is 10. The molecule has 1 saturated carbocycles. The van der Waals surface area contributed by atoms with Crippen LogP contribution in [0, 0.1) is 11.8 Å². The molecule has 1 aliphatic carbocycles. The molecule has 0 saturated heterocycles. The van der Waals surface area contributed by atoms with Crippen LogP contribution in [0.4, 0.5) is 0 Å². The predicted molar refractivity (Wildman–Crippen MR) is 71.1 cm³/mol. The van der Waals surface area contributed by atoms with Crippen LogP contribution in [0.5, 0.6) is 0 Å². The average Bonchev–Trinajstić information content (AvgIpc) is 3.08. The third-order valence-electron chi connectivity index (χ3n) is 3.38. The highest BCUT2D eigenvalue weighted by Gasteiger charge is 2.27. The SMILES string of the molecule is CC(C)CCCOCC(O)CNC(C)C1CC1. The highest BCUT2D eigenvalue weighted by molar-refractivity contribution is 4.83. The van der Waals surface area contributed by atoms with Gasteiger partial charge in [0.05, 0.1) is 12.7 Å². The molecule has 1 fully saturated rings. The fourth-order valence-corrected chi connectivity index (χ4v) is 1.96. The van der Waals surface area contributed by atoms with E-state index in [1.54, 1.807) is 0 Å². The zero-order valence-corrected chi connectivity index (χ0v) is 11.6. The fourth-order valence-electron chi connectivity index (χ4n) is 1.96. The highest BCUT2D eigenvalue weighted by atomic mass is 16.5. The van der Waals surface area contributed by atoms with Crippen LogP contribution in [0.15, 0.2) is 0 Å². The molecule has 2 atom stereocenters. The normalized spacial score (nSPS) is 19.6. The lowest BCUT2D eigenvalue weighted by Gasteiger charge is -2.16. The van der Waals surface area contributed by atoms with E-state index in [1.165, 1.54) is 19.3 Å². The molecule has 0 bridgehead atoms. The smallest absolute Gasteiger partial charge is 0.0897 e. The van der Waals surface area contributed by atoms with E-state index in [0.29, 0.717) is 19.2 Å². The van der Waals surface area contributed by atoms with Gasteiger partial charge in [-0.15, -0.1) is 0 Å². The van der Waals surface area contributed by atoms with Crippen molar-refractivity contribution in [1.29, 1.82) is 0 Å². The Labute approximate surface area is 106 Å². The van der Waals surface area contributed by atoms with E-state index in [-0.39, 0.29) is 6.10 Å². The molecule has 0 aliphatic heterocycles. The molecule has 2 N–H and O–H groups in total. The molecule has 17 heavy (non-hydrogen) atoms. The number of hydrogen-bond acceptors (Lipinski definition) is 3. The molecule has 0 aromatic carbocycles. The molecule has 0 heterocycles. The van der Waals surface area contributed by atoms with E-state index in [2.05, 4.69) is 26.1 Å². The molecule has 1 rings (SSSR count). The molecule has 0 radical (unpaired) electrons. The second kappa shape index (κ2) is 8.06. The summed E-state index contributed by atoms with van der Waals surface area (Å²) in [6.07, 6.45) is 4.62. The van der Waals surface area contributed by atoms with Gasteiger partial charge in [-0.1, -0.05) is 13.8 Å². The Morgan fingerprint density at radius 3 is 2.59 bits per heavy atom. The van der Waals surface area contributed by atoms with Crippen LogP contribution < -0.4 is 5.32 Å². The standard InChI is InChI=1S/C14H29NO2/c1-11(2)5-4-8-17-10-14(16)9-15-12(3)13-6-7-13/h11-16H,4-10H2,1-3H3. The first-order valence-electron chi connectivity index (χ1n) is 7.08. The molecule has 3 nitrogen and oxygen atoms in total. The second-order valence-corrected chi connectivity index (χ2v) is 5.80. The van der Waals surface area contributed by atoms with Crippen LogP contribution >= 0.6 is 0 Å². The van der Waals surface area contributed by atoms with Crippen LogP contribution in [0.1, 0.15) is 46.5 Å². The van der Waals surface area contributed by atoms with Gasteiger partial charge in [0.15, 0.2) is 0 Å². The minimum absolute atomic E-state index is 0.366. The summed E-state index contributed by atoms with van der Waals surface area (Å²) in [6, 6.07) is 0.547. The van der Waals surface area contributed by atoms with Gasteiger partial charge in [0.25, 0.3) is 0 Å². The van der Waals surface area contributed by atoms with Crippen molar-refractivity contribution < 1.29 is 9.84 Å². The molecule has 3 heteroatoms. The third-order valence-corrected chi connectivity index (χ3v) is 3.38. The lowest BCUT2D eigenvalue weighted by atomic mass is 10.1. The topological polar surface area (TPSA) is 41.5 Å². The molecular formula is C14H29NO2. The van der Waals surface area contributed by atoms with Gasteiger partial charge in [-0.3, -0.25) is 0 Å². The van der Waals surface area contributed by atoms with Gasteiger partial charge in [0.2, 0.25) is 0 Å². The van der Waals surface area contributed by atoms with Gasteiger partial charge in [-0.2, -0.15) is 0 Å². The van der Waals surface area contributed by atoms with Gasteiger partial charge < -0.3 is 15.2 Å².